The Bertz CT molecular complexity index is 457. The Balaban J connectivity index is 3.39. The van der Waals surface area contributed by atoms with Crippen LogP contribution < -0.4 is 10.5 Å². The minimum absolute atomic E-state index is 0.275. The second-order valence-corrected chi connectivity index (χ2v) is 3.34. The highest BCUT2D eigenvalue weighted by molar-refractivity contribution is 5.41. The van der Waals surface area contributed by atoms with E-state index >= 15 is 0 Å². The van der Waals surface area contributed by atoms with Gasteiger partial charge in [-0.25, -0.2) is 4.98 Å². The van der Waals surface area contributed by atoms with Crippen LogP contribution in [0.5, 0.6) is 5.75 Å². The van der Waals surface area contributed by atoms with E-state index in [1.807, 2.05) is 0 Å². The quantitative estimate of drug-likeness (QED) is 0.835. The first-order chi connectivity index (χ1) is 8.60. The van der Waals surface area contributed by atoms with Crippen molar-refractivity contribution in [1.82, 2.24) is 4.98 Å². The number of pyridine rings is 1. The molecule has 0 bridgehead atoms. The summed E-state index contributed by atoms with van der Waals surface area (Å²) in [5.74, 6) is -0.966. The fourth-order valence-corrected chi connectivity index (χ4v) is 1.42. The smallest absolute Gasteiger partial charge is 0.404 e. The maximum absolute atomic E-state index is 12.5. The molecule has 0 radical (unpaired) electrons. The van der Waals surface area contributed by atoms with Crippen LogP contribution in [0.25, 0.3) is 0 Å². The van der Waals surface area contributed by atoms with Crippen LogP contribution in [0.15, 0.2) is 6.20 Å². The molecule has 0 saturated heterocycles. The summed E-state index contributed by atoms with van der Waals surface area (Å²) in [7, 11) is 0. The molecule has 3 N–H and O–H groups in total. The normalized spacial score (nSPS) is 12.6. The molecule has 1 heterocycles. The maximum Gasteiger partial charge on any atom is 0.573 e. The van der Waals surface area contributed by atoms with E-state index in [0.29, 0.717) is 0 Å². The zero-order valence-corrected chi connectivity index (χ0v) is 9.14. The zero-order valence-electron chi connectivity index (χ0n) is 9.14. The largest absolute Gasteiger partial charge is 0.573 e. The van der Waals surface area contributed by atoms with Crippen molar-refractivity contribution in [1.29, 1.82) is 0 Å². The van der Waals surface area contributed by atoms with Gasteiger partial charge in [0.15, 0.2) is 11.4 Å². The van der Waals surface area contributed by atoms with Gasteiger partial charge >= 0.3 is 12.5 Å². The van der Waals surface area contributed by atoms with E-state index in [1.165, 1.54) is 0 Å². The molecule has 0 aliphatic carbocycles. The SMILES string of the molecule is NCc1c(OC(F)(F)F)cnc(C(F)(F)F)c1CO. The summed E-state index contributed by atoms with van der Waals surface area (Å²) in [6, 6.07) is 0. The van der Waals surface area contributed by atoms with E-state index in [4.69, 9.17) is 10.8 Å². The molecule has 1 aromatic heterocycles. The lowest BCUT2D eigenvalue weighted by Crippen LogP contribution is -2.22. The second-order valence-electron chi connectivity index (χ2n) is 3.34. The number of rotatable bonds is 3. The van der Waals surface area contributed by atoms with Gasteiger partial charge in [0.1, 0.15) is 0 Å². The van der Waals surface area contributed by atoms with Gasteiger partial charge < -0.3 is 15.6 Å². The Labute approximate surface area is 102 Å². The first-order valence-electron chi connectivity index (χ1n) is 4.74. The lowest BCUT2D eigenvalue weighted by atomic mass is 10.1. The highest BCUT2D eigenvalue weighted by atomic mass is 19.4. The fraction of sp³-hybridized carbons (Fsp3) is 0.444. The summed E-state index contributed by atoms with van der Waals surface area (Å²) in [6.07, 6.45) is -9.74. The van der Waals surface area contributed by atoms with Crippen molar-refractivity contribution in [2.45, 2.75) is 25.7 Å². The van der Waals surface area contributed by atoms with Crippen LogP contribution in [-0.4, -0.2) is 16.5 Å². The molecule has 0 fully saturated rings. The number of alkyl halides is 6. The lowest BCUT2D eigenvalue weighted by molar-refractivity contribution is -0.275. The van der Waals surface area contributed by atoms with Crippen LogP contribution >= 0.6 is 0 Å². The van der Waals surface area contributed by atoms with Crippen LogP contribution in [0.4, 0.5) is 26.3 Å². The van der Waals surface area contributed by atoms with Crippen LogP contribution in [-0.2, 0) is 19.3 Å². The van der Waals surface area contributed by atoms with Crippen molar-refractivity contribution >= 4 is 0 Å². The van der Waals surface area contributed by atoms with E-state index in [-0.39, 0.29) is 6.20 Å². The Hall–Kier alpha value is -1.55. The van der Waals surface area contributed by atoms with E-state index in [0.717, 1.165) is 0 Å². The van der Waals surface area contributed by atoms with Crippen LogP contribution in [0.2, 0.25) is 0 Å². The average Bonchev–Trinajstić information content (AvgIpc) is 2.24. The van der Waals surface area contributed by atoms with Gasteiger partial charge in [0.05, 0.1) is 12.8 Å². The molecule has 0 aromatic carbocycles. The molecule has 0 unspecified atom stereocenters. The fourth-order valence-electron chi connectivity index (χ4n) is 1.42. The summed E-state index contributed by atoms with van der Waals surface area (Å²) >= 11 is 0. The van der Waals surface area contributed by atoms with Crippen LogP contribution in [0.3, 0.4) is 0 Å². The van der Waals surface area contributed by atoms with Gasteiger partial charge in [-0.3, -0.25) is 0 Å². The predicted octanol–water partition coefficient (Wildman–Crippen LogP) is 1.95. The van der Waals surface area contributed by atoms with Gasteiger partial charge in [-0.15, -0.1) is 13.2 Å². The van der Waals surface area contributed by atoms with E-state index in [2.05, 4.69) is 9.72 Å². The van der Waals surface area contributed by atoms with E-state index in [9.17, 15) is 26.3 Å². The zero-order chi connectivity index (χ0) is 14.8. The number of aromatic nitrogens is 1. The van der Waals surface area contributed by atoms with Crippen molar-refractivity contribution in [2.24, 2.45) is 5.73 Å². The summed E-state index contributed by atoms with van der Waals surface area (Å²) in [5.41, 5.74) is 2.18. The van der Waals surface area contributed by atoms with Gasteiger partial charge in [0, 0.05) is 17.7 Å². The minimum atomic E-state index is -5.10. The lowest BCUT2D eigenvalue weighted by Gasteiger charge is -2.18. The van der Waals surface area contributed by atoms with Gasteiger partial charge in [-0.2, -0.15) is 13.2 Å². The third-order valence-electron chi connectivity index (χ3n) is 2.11. The number of halogens is 6. The third-order valence-corrected chi connectivity index (χ3v) is 2.11. The summed E-state index contributed by atoms with van der Waals surface area (Å²) < 4.78 is 77.3. The number of ether oxygens (including phenoxy) is 1. The highest BCUT2D eigenvalue weighted by Gasteiger charge is 2.38. The number of hydrogen-bond acceptors (Lipinski definition) is 4. The van der Waals surface area contributed by atoms with Gasteiger partial charge in [-0.05, 0) is 0 Å². The Morgan fingerprint density at radius 1 is 1.16 bits per heavy atom. The molecule has 19 heavy (non-hydrogen) atoms. The molecule has 1 rings (SSSR count). The highest BCUT2D eigenvalue weighted by Crippen LogP contribution is 2.36. The number of aliphatic hydroxyl groups is 1. The Morgan fingerprint density at radius 3 is 2.11 bits per heavy atom. The first-order valence-corrected chi connectivity index (χ1v) is 4.74. The molecule has 0 saturated carbocycles. The molecular weight excluding hydrogens is 282 g/mol. The Morgan fingerprint density at radius 2 is 1.74 bits per heavy atom. The molecule has 0 spiro atoms. The average molecular weight is 290 g/mol. The Kier molecular flexibility index (Phi) is 4.25. The van der Waals surface area contributed by atoms with Crippen molar-refractivity contribution in [3.05, 3.63) is 23.0 Å². The van der Waals surface area contributed by atoms with Crippen LogP contribution in [0, 0.1) is 0 Å². The molecule has 10 heteroatoms. The molecule has 4 nitrogen and oxygen atoms in total. The number of nitrogens with zero attached hydrogens (tertiary/aromatic N) is 1. The van der Waals surface area contributed by atoms with Gasteiger partial charge in [-0.1, -0.05) is 0 Å². The molecule has 0 aliphatic heterocycles. The maximum atomic E-state index is 12.5. The standard InChI is InChI=1S/C9H8F6N2O2/c10-8(11,12)7-5(3-18)4(1-16)6(2-17-7)19-9(13,14)15/h2,18H,1,3,16H2. The summed E-state index contributed by atoms with van der Waals surface area (Å²) in [6.45, 7) is -1.84. The number of aliphatic hydroxyl groups excluding tert-OH is 1. The van der Waals surface area contributed by atoms with Gasteiger partial charge in [0.2, 0.25) is 0 Å². The third kappa shape index (κ3) is 3.70. The number of hydrogen-bond donors (Lipinski definition) is 2. The second kappa shape index (κ2) is 5.21. The topological polar surface area (TPSA) is 68.4 Å². The van der Waals surface area contributed by atoms with Crippen molar-refractivity contribution in [2.75, 3.05) is 0 Å². The predicted molar refractivity (Wildman–Crippen MR) is 49.7 cm³/mol. The minimum Gasteiger partial charge on any atom is -0.404 e. The van der Waals surface area contributed by atoms with E-state index < -0.39 is 48.3 Å². The van der Waals surface area contributed by atoms with Gasteiger partial charge in [0.25, 0.3) is 0 Å². The summed E-state index contributed by atoms with van der Waals surface area (Å²) in [4.78, 5) is 2.85. The van der Waals surface area contributed by atoms with Crippen molar-refractivity contribution in [3.8, 4) is 5.75 Å². The molecule has 1 aromatic rings. The first kappa shape index (κ1) is 15.5. The molecule has 0 amide bonds. The van der Waals surface area contributed by atoms with Crippen molar-refractivity contribution in [3.63, 3.8) is 0 Å². The molecular formula is C9H8F6N2O2. The molecule has 0 atom stereocenters. The van der Waals surface area contributed by atoms with Crippen LogP contribution in [0.1, 0.15) is 16.8 Å². The van der Waals surface area contributed by atoms with E-state index in [1.54, 1.807) is 0 Å². The number of nitrogens with two attached hydrogens (primary N) is 1. The van der Waals surface area contributed by atoms with Crippen molar-refractivity contribution < 1.29 is 36.2 Å². The summed E-state index contributed by atoms with van der Waals surface area (Å²) in [5, 5.41) is 8.88. The monoisotopic (exact) mass is 290 g/mol. The molecule has 0 aliphatic rings. The molecule has 108 valence electrons.